The normalized spacial score (nSPS) is 11.0. The van der Waals surface area contributed by atoms with E-state index in [9.17, 15) is 4.79 Å². The number of fused-ring (bicyclic) bond motifs is 1. The molecule has 0 aliphatic carbocycles. The monoisotopic (exact) mass is 339 g/mol. The molecule has 2 aromatic carbocycles. The van der Waals surface area contributed by atoms with Crippen LogP contribution in [0.2, 0.25) is 0 Å². The fourth-order valence-electron chi connectivity index (χ4n) is 2.57. The Morgan fingerprint density at radius 1 is 1.08 bits per heavy atom. The van der Waals surface area contributed by atoms with Crippen molar-refractivity contribution in [2.24, 2.45) is 0 Å². The number of urea groups is 1. The predicted molar refractivity (Wildman–Crippen MR) is 102 cm³/mol. The molecule has 5 heteroatoms. The summed E-state index contributed by atoms with van der Waals surface area (Å²) in [6.45, 7) is 8.37. The summed E-state index contributed by atoms with van der Waals surface area (Å²) < 4.78 is 1.09. The zero-order valence-corrected chi connectivity index (χ0v) is 15.1. The van der Waals surface area contributed by atoms with Gasteiger partial charge in [0.15, 0.2) is 5.13 Å². The Morgan fingerprint density at radius 2 is 1.88 bits per heavy atom. The van der Waals surface area contributed by atoms with E-state index in [1.165, 1.54) is 22.5 Å². The summed E-state index contributed by atoms with van der Waals surface area (Å²) in [4.78, 5) is 16.8. The van der Waals surface area contributed by atoms with E-state index in [-0.39, 0.29) is 6.03 Å². The van der Waals surface area contributed by atoms with Crippen LogP contribution in [-0.2, 0) is 0 Å². The van der Waals surface area contributed by atoms with Crippen LogP contribution in [0.5, 0.6) is 0 Å². The maximum absolute atomic E-state index is 12.2. The Kier molecular flexibility index (Phi) is 4.53. The van der Waals surface area contributed by atoms with Gasteiger partial charge in [0.25, 0.3) is 0 Å². The lowest BCUT2D eigenvalue weighted by Crippen LogP contribution is -2.19. The van der Waals surface area contributed by atoms with Gasteiger partial charge in [-0.1, -0.05) is 43.4 Å². The lowest BCUT2D eigenvalue weighted by molar-refractivity contribution is 0.262. The van der Waals surface area contributed by atoms with Crippen LogP contribution in [0.15, 0.2) is 36.4 Å². The summed E-state index contributed by atoms with van der Waals surface area (Å²) in [6, 6.07) is 11.7. The second kappa shape index (κ2) is 6.61. The largest absolute Gasteiger partial charge is 0.325 e. The number of benzene rings is 2. The molecule has 1 aromatic heterocycles. The number of para-hydroxylation sites is 1. The number of nitrogens with zero attached hydrogens (tertiary/aromatic N) is 1. The van der Waals surface area contributed by atoms with Gasteiger partial charge in [0, 0.05) is 5.69 Å². The van der Waals surface area contributed by atoms with Gasteiger partial charge >= 0.3 is 6.03 Å². The molecule has 3 rings (SSSR count). The van der Waals surface area contributed by atoms with Gasteiger partial charge in [0.1, 0.15) is 0 Å². The van der Waals surface area contributed by atoms with E-state index in [4.69, 9.17) is 0 Å². The Labute approximate surface area is 145 Å². The second-order valence-corrected chi connectivity index (χ2v) is 7.28. The summed E-state index contributed by atoms with van der Waals surface area (Å²) in [5.74, 6) is 0.396. The van der Waals surface area contributed by atoms with Crippen LogP contribution >= 0.6 is 11.3 Å². The van der Waals surface area contributed by atoms with Crippen LogP contribution in [0.3, 0.4) is 0 Å². The van der Waals surface area contributed by atoms with Gasteiger partial charge in [-0.05, 0) is 54.7 Å². The van der Waals surface area contributed by atoms with Gasteiger partial charge in [-0.2, -0.15) is 0 Å². The number of aryl methyl sites for hydroxylation is 2. The van der Waals surface area contributed by atoms with Gasteiger partial charge in [-0.15, -0.1) is 0 Å². The molecule has 0 bridgehead atoms. The zero-order valence-electron chi connectivity index (χ0n) is 14.3. The zero-order chi connectivity index (χ0) is 17.3. The quantitative estimate of drug-likeness (QED) is 0.645. The van der Waals surface area contributed by atoms with Crippen LogP contribution in [-0.4, -0.2) is 11.0 Å². The van der Waals surface area contributed by atoms with E-state index in [1.807, 2.05) is 44.2 Å². The predicted octanol–water partition coefficient (Wildman–Crippen LogP) is 5.68. The number of nitrogens with one attached hydrogen (secondary N) is 2. The topological polar surface area (TPSA) is 54.0 Å². The lowest BCUT2D eigenvalue weighted by Gasteiger charge is -2.07. The van der Waals surface area contributed by atoms with Crippen molar-refractivity contribution in [2.45, 2.75) is 33.6 Å². The van der Waals surface area contributed by atoms with Gasteiger partial charge in [0.05, 0.1) is 10.2 Å². The minimum absolute atomic E-state index is 0.275. The molecular weight excluding hydrogens is 318 g/mol. The van der Waals surface area contributed by atoms with Gasteiger partial charge in [0.2, 0.25) is 0 Å². The highest BCUT2D eigenvalue weighted by Crippen LogP contribution is 2.31. The lowest BCUT2D eigenvalue weighted by atomic mass is 10.0. The first-order valence-corrected chi connectivity index (χ1v) is 8.80. The van der Waals surface area contributed by atoms with Crippen molar-refractivity contribution in [3.63, 3.8) is 0 Å². The number of anilines is 2. The maximum atomic E-state index is 12.2. The van der Waals surface area contributed by atoms with Crippen molar-refractivity contribution in [1.82, 2.24) is 4.98 Å². The van der Waals surface area contributed by atoms with E-state index in [2.05, 4.69) is 35.5 Å². The number of rotatable bonds is 3. The van der Waals surface area contributed by atoms with E-state index in [0.717, 1.165) is 21.5 Å². The minimum atomic E-state index is -0.275. The molecule has 0 aliphatic heterocycles. The number of thiazole rings is 1. The van der Waals surface area contributed by atoms with E-state index in [0.29, 0.717) is 11.0 Å². The standard InChI is InChI=1S/C19H21N3OS/c1-11(2)15-6-5-7-16-17(15)21-19(24-16)22-18(23)20-14-9-8-12(3)13(4)10-14/h5-11H,1-4H3,(H2,20,21,22,23). The highest BCUT2D eigenvalue weighted by atomic mass is 32.1. The second-order valence-electron chi connectivity index (χ2n) is 6.25. The summed E-state index contributed by atoms with van der Waals surface area (Å²) in [6.07, 6.45) is 0. The fraction of sp³-hybridized carbons (Fsp3) is 0.263. The molecule has 24 heavy (non-hydrogen) atoms. The van der Waals surface area contributed by atoms with Crippen LogP contribution in [0.1, 0.15) is 36.5 Å². The van der Waals surface area contributed by atoms with Crippen LogP contribution in [0, 0.1) is 13.8 Å². The van der Waals surface area contributed by atoms with E-state index >= 15 is 0 Å². The molecule has 124 valence electrons. The molecule has 0 atom stereocenters. The molecule has 0 saturated heterocycles. The Balaban J connectivity index is 1.78. The molecule has 0 unspecified atom stereocenters. The van der Waals surface area contributed by atoms with Crippen LogP contribution in [0.25, 0.3) is 10.2 Å². The van der Waals surface area contributed by atoms with Crippen LogP contribution in [0.4, 0.5) is 15.6 Å². The SMILES string of the molecule is Cc1ccc(NC(=O)Nc2nc3c(C(C)C)cccc3s2)cc1C. The summed E-state index contributed by atoms with van der Waals surface area (Å²) in [5, 5.41) is 6.30. The van der Waals surface area contributed by atoms with Crippen molar-refractivity contribution in [1.29, 1.82) is 0 Å². The molecule has 2 N–H and O–H groups in total. The average molecular weight is 339 g/mol. The molecule has 2 amide bonds. The van der Waals surface area contributed by atoms with Gasteiger partial charge < -0.3 is 5.32 Å². The number of hydrogen-bond donors (Lipinski definition) is 2. The van der Waals surface area contributed by atoms with Crippen LogP contribution < -0.4 is 10.6 Å². The number of hydrogen-bond acceptors (Lipinski definition) is 3. The molecule has 0 radical (unpaired) electrons. The number of carbonyl (C=O) groups excluding carboxylic acids is 1. The Bertz CT molecular complexity index is 899. The molecule has 0 saturated carbocycles. The first kappa shape index (κ1) is 16.5. The molecule has 0 aliphatic rings. The van der Waals surface area contributed by atoms with Crippen molar-refractivity contribution in [2.75, 3.05) is 10.6 Å². The fourth-order valence-corrected chi connectivity index (χ4v) is 3.46. The van der Waals surface area contributed by atoms with Gasteiger partial charge in [-0.25, -0.2) is 9.78 Å². The molecule has 0 spiro atoms. The third kappa shape index (κ3) is 3.41. The highest BCUT2D eigenvalue weighted by Gasteiger charge is 2.12. The molecule has 3 aromatic rings. The summed E-state index contributed by atoms with van der Waals surface area (Å²) >= 11 is 1.49. The Hall–Kier alpha value is -2.40. The maximum Gasteiger partial charge on any atom is 0.325 e. The first-order chi connectivity index (χ1) is 11.4. The van der Waals surface area contributed by atoms with Crippen molar-refractivity contribution in [3.05, 3.63) is 53.1 Å². The third-order valence-corrected chi connectivity index (χ3v) is 4.99. The number of amides is 2. The minimum Gasteiger partial charge on any atom is -0.308 e. The third-order valence-electron chi connectivity index (χ3n) is 4.06. The molecule has 4 nitrogen and oxygen atoms in total. The average Bonchev–Trinajstić information content (AvgIpc) is 2.92. The van der Waals surface area contributed by atoms with Crippen molar-refractivity contribution in [3.8, 4) is 0 Å². The van der Waals surface area contributed by atoms with E-state index in [1.54, 1.807) is 0 Å². The Morgan fingerprint density at radius 3 is 2.58 bits per heavy atom. The molecule has 1 heterocycles. The molecule has 0 fully saturated rings. The first-order valence-electron chi connectivity index (χ1n) is 7.99. The van der Waals surface area contributed by atoms with Crippen molar-refractivity contribution >= 4 is 38.4 Å². The van der Waals surface area contributed by atoms with Gasteiger partial charge in [-0.3, -0.25) is 5.32 Å². The number of aromatic nitrogens is 1. The number of carbonyl (C=O) groups is 1. The van der Waals surface area contributed by atoms with E-state index < -0.39 is 0 Å². The molecular formula is C19H21N3OS. The summed E-state index contributed by atoms with van der Waals surface area (Å²) in [7, 11) is 0. The highest BCUT2D eigenvalue weighted by molar-refractivity contribution is 7.22. The summed E-state index contributed by atoms with van der Waals surface area (Å²) in [5.41, 5.74) is 5.30. The van der Waals surface area contributed by atoms with Crippen molar-refractivity contribution < 1.29 is 4.79 Å². The smallest absolute Gasteiger partial charge is 0.308 e.